The molecule has 0 amide bonds. The number of alkyl halides is 1. The third-order valence-corrected chi connectivity index (χ3v) is 11.5. The monoisotopic (exact) mass is 761 g/mol. The predicted molar refractivity (Wildman–Crippen MR) is 174 cm³/mol. The number of halogens is 1. The van der Waals surface area contributed by atoms with E-state index in [-0.39, 0.29) is 36.4 Å². The van der Waals surface area contributed by atoms with E-state index in [1.807, 2.05) is 0 Å². The number of nitrogens with one attached hydrogen (secondary N) is 1. The molecule has 0 spiro atoms. The fourth-order valence-corrected chi connectivity index (χ4v) is 8.34. The molecule has 272 valence electrons. The predicted octanol–water partition coefficient (Wildman–Crippen LogP) is 2.47. The number of anilines is 1. The molecule has 2 saturated heterocycles. The van der Waals surface area contributed by atoms with Crippen LogP contribution in [-0.4, -0.2) is 98.4 Å². The molecule has 0 bridgehead atoms. The van der Waals surface area contributed by atoms with Crippen molar-refractivity contribution in [3.63, 3.8) is 0 Å². The number of carbonyl (C=O) groups is 1. The molecule has 2 aliphatic rings. The SMILES string of the molecule is CC(C)(C)C(=O)OCSP(=O)(OC[C@H]1OC(n2cnc3c(=O)[nH]cnc32)CC1F)O[C@H]1CC(n2cnc3c(N)ncnc32)O[C@@H]1COP(O)O. The third-order valence-electron chi connectivity index (χ3n) is 7.74. The Balaban J connectivity index is 1.20. The number of fused-ring (bicyclic) bond motifs is 2. The fraction of sp³-hybridized carbons (Fsp3) is 0.577. The topological polar surface area (TPSA) is 263 Å². The van der Waals surface area contributed by atoms with Gasteiger partial charge in [-0.1, -0.05) is 0 Å². The van der Waals surface area contributed by atoms with Crippen LogP contribution >= 0.6 is 26.8 Å². The standard InChI is InChI=1S/C26H34FN9O11P2S/c1-26(2,3)25(38)42-12-50-49(41,44-7-15-13(27)4-17(45-15)35-11-34-20-23(35)31-9-32-24(20)37)47-14-5-18(46-16(14)6-43-48(39)40)36-10-33-19-21(28)29-8-30-22(19)36/h8-11,13-18,39-40H,4-7,12H2,1-3H3,(H2,28,29,30)(H,31,32,37)/t13?,14-,15+,16+,17?,18?,49?/m0/s1. The van der Waals surface area contributed by atoms with E-state index in [4.69, 9.17) is 33.5 Å². The highest BCUT2D eigenvalue weighted by atomic mass is 32.7. The summed E-state index contributed by atoms with van der Waals surface area (Å²) in [5, 5.41) is 0. The van der Waals surface area contributed by atoms with Crippen LogP contribution in [0.1, 0.15) is 46.1 Å². The number of imidazole rings is 2. The van der Waals surface area contributed by atoms with E-state index in [2.05, 4.69) is 29.9 Å². The second-order valence-corrected chi connectivity index (χ2v) is 17.0. The maximum absolute atomic E-state index is 15.3. The number of aromatic amines is 1. The molecule has 4 aromatic heterocycles. The molecule has 0 aromatic carbocycles. The van der Waals surface area contributed by atoms with Crippen LogP contribution < -0.4 is 11.3 Å². The Morgan fingerprint density at radius 3 is 2.48 bits per heavy atom. The summed E-state index contributed by atoms with van der Waals surface area (Å²) in [6.45, 7) is -0.330. The number of aromatic nitrogens is 8. The van der Waals surface area contributed by atoms with Crippen LogP contribution in [0.15, 0.2) is 30.1 Å². The van der Waals surface area contributed by atoms with Crippen molar-refractivity contribution in [2.75, 3.05) is 24.9 Å². The van der Waals surface area contributed by atoms with Crippen molar-refractivity contribution >= 4 is 60.9 Å². The number of H-pyrrole nitrogens is 1. The van der Waals surface area contributed by atoms with Gasteiger partial charge in [0.2, 0.25) is 0 Å². The molecule has 0 radical (unpaired) electrons. The van der Waals surface area contributed by atoms with Crippen LogP contribution in [0.25, 0.3) is 22.3 Å². The molecule has 4 unspecified atom stereocenters. The summed E-state index contributed by atoms with van der Waals surface area (Å²) in [4.78, 5) is 66.4. The average Bonchev–Trinajstić information content (AvgIpc) is 3.84. The molecular weight excluding hydrogens is 727 g/mol. The Bertz CT molecular complexity index is 1940. The molecule has 2 fully saturated rings. The molecule has 4 aromatic rings. The lowest BCUT2D eigenvalue weighted by Gasteiger charge is -2.26. The number of rotatable bonds is 13. The van der Waals surface area contributed by atoms with Gasteiger partial charge in [0.1, 0.15) is 54.7 Å². The van der Waals surface area contributed by atoms with Crippen LogP contribution in [0.5, 0.6) is 0 Å². The summed E-state index contributed by atoms with van der Waals surface area (Å²) >= 11 is 0.551. The Morgan fingerprint density at radius 1 is 1.08 bits per heavy atom. The molecule has 5 N–H and O–H groups in total. The number of carbonyl (C=O) groups excluding carboxylic acids is 1. The van der Waals surface area contributed by atoms with Crippen molar-refractivity contribution in [1.82, 2.24) is 39.0 Å². The fourth-order valence-electron chi connectivity index (χ4n) is 5.23. The normalized spacial score (nSPS) is 25.5. The number of ether oxygens (including phenoxy) is 3. The van der Waals surface area contributed by atoms with E-state index in [0.717, 1.165) is 0 Å². The number of hydrogen-bond donors (Lipinski definition) is 4. The van der Waals surface area contributed by atoms with Gasteiger partial charge in [-0.05, 0) is 20.8 Å². The van der Waals surface area contributed by atoms with Gasteiger partial charge in [0.25, 0.3) is 5.56 Å². The number of nitrogen functional groups attached to an aromatic ring is 1. The number of nitrogens with zero attached hydrogens (tertiary/aromatic N) is 7. The Kier molecular flexibility index (Phi) is 10.9. The van der Waals surface area contributed by atoms with E-state index in [1.54, 1.807) is 25.3 Å². The molecule has 0 aliphatic carbocycles. The quantitative estimate of drug-likeness (QED) is 0.0866. The molecule has 20 nitrogen and oxygen atoms in total. The van der Waals surface area contributed by atoms with Crippen LogP contribution in [0, 0.1) is 5.41 Å². The van der Waals surface area contributed by atoms with Gasteiger partial charge in [-0.3, -0.25) is 27.8 Å². The zero-order valence-electron chi connectivity index (χ0n) is 26.8. The van der Waals surface area contributed by atoms with Crippen LogP contribution in [0.2, 0.25) is 0 Å². The first kappa shape index (κ1) is 36.6. The smallest absolute Gasteiger partial charge is 0.392 e. The van der Waals surface area contributed by atoms with Gasteiger partial charge in [0.15, 0.2) is 22.6 Å². The van der Waals surface area contributed by atoms with Gasteiger partial charge in [-0.15, -0.1) is 0 Å². The van der Waals surface area contributed by atoms with E-state index in [1.165, 1.54) is 29.9 Å². The lowest BCUT2D eigenvalue weighted by molar-refractivity contribution is -0.150. The molecule has 24 heteroatoms. The largest absolute Gasteiger partial charge is 0.454 e. The maximum atomic E-state index is 15.3. The van der Waals surface area contributed by atoms with Gasteiger partial charge >= 0.3 is 21.4 Å². The second kappa shape index (κ2) is 14.8. The minimum Gasteiger partial charge on any atom is -0.454 e. The van der Waals surface area contributed by atoms with Gasteiger partial charge < -0.3 is 39.2 Å². The summed E-state index contributed by atoms with van der Waals surface area (Å²) in [6.07, 6.45) is -1.59. The highest BCUT2D eigenvalue weighted by Gasteiger charge is 2.45. The number of hydrogen-bond acceptors (Lipinski definition) is 18. The summed E-state index contributed by atoms with van der Waals surface area (Å²) in [7, 11) is -2.78. The van der Waals surface area contributed by atoms with Crippen molar-refractivity contribution in [3.8, 4) is 0 Å². The van der Waals surface area contributed by atoms with E-state index in [0.29, 0.717) is 22.5 Å². The maximum Gasteiger partial charge on any atom is 0.392 e. The van der Waals surface area contributed by atoms with Crippen molar-refractivity contribution in [1.29, 1.82) is 0 Å². The van der Waals surface area contributed by atoms with E-state index >= 15 is 4.39 Å². The summed E-state index contributed by atoms with van der Waals surface area (Å²) in [6, 6.07) is 0. The van der Waals surface area contributed by atoms with Crippen molar-refractivity contribution in [2.45, 2.75) is 70.6 Å². The molecule has 6 heterocycles. The Labute approximate surface area is 287 Å². The lowest BCUT2D eigenvalue weighted by Crippen LogP contribution is -2.29. The van der Waals surface area contributed by atoms with E-state index in [9.17, 15) is 23.9 Å². The van der Waals surface area contributed by atoms with Crippen LogP contribution in [0.3, 0.4) is 0 Å². The second-order valence-electron chi connectivity index (χ2n) is 12.2. The summed E-state index contributed by atoms with van der Waals surface area (Å²) in [5.74, 6) is -0.884. The average molecular weight is 762 g/mol. The molecule has 2 aliphatic heterocycles. The van der Waals surface area contributed by atoms with Gasteiger partial charge in [-0.25, -0.2) is 33.9 Å². The highest BCUT2D eigenvalue weighted by molar-refractivity contribution is 8.55. The number of esters is 1. The van der Waals surface area contributed by atoms with Gasteiger partial charge in [-0.2, -0.15) is 0 Å². The number of nitrogens with two attached hydrogens (primary N) is 1. The minimum atomic E-state index is -4.34. The first-order chi connectivity index (χ1) is 23.7. The van der Waals surface area contributed by atoms with Crippen molar-refractivity contribution in [3.05, 3.63) is 35.7 Å². The summed E-state index contributed by atoms with van der Waals surface area (Å²) in [5.41, 5.74) is 5.49. The molecule has 6 rings (SSSR count). The first-order valence-corrected chi connectivity index (χ1v) is 19.4. The van der Waals surface area contributed by atoms with Crippen LogP contribution in [-0.2, 0) is 37.1 Å². The highest BCUT2D eigenvalue weighted by Crippen LogP contribution is 2.63. The summed E-state index contributed by atoms with van der Waals surface area (Å²) < 4.78 is 66.8. The molecule has 0 saturated carbocycles. The van der Waals surface area contributed by atoms with Gasteiger partial charge in [0, 0.05) is 24.2 Å². The van der Waals surface area contributed by atoms with Crippen molar-refractivity contribution in [2.24, 2.45) is 5.41 Å². The Hall–Kier alpha value is -3.17. The lowest BCUT2D eigenvalue weighted by atomic mass is 9.98. The zero-order chi connectivity index (χ0) is 35.8. The van der Waals surface area contributed by atoms with Crippen molar-refractivity contribution < 1.29 is 51.3 Å². The van der Waals surface area contributed by atoms with Gasteiger partial charge in [0.05, 0.1) is 37.6 Å². The Morgan fingerprint density at radius 2 is 1.76 bits per heavy atom. The first-order valence-electron chi connectivity index (χ1n) is 15.1. The molecular formula is C26H34FN9O11P2S. The van der Waals surface area contributed by atoms with E-state index < -0.39 is 81.8 Å². The molecule has 7 atom stereocenters. The molecule has 50 heavy (non-hydrogen) atoms. The third kappa shape index (κ3) is 7.99. The minimum absolute atomic E-state index is 0.0153. The van der Waals surface area contributed by atoms with Crippen LogP contribution in [0.4, 0.5) is 10.2 Å². The zero-order valence-corrected chi connectivity index (χ0v) is 29.4.